The third kappa shape index (κ3) is 6.39. The summed E-state index contributed by atoms with van der Waals surface area (Å²) in [6.45, 7) is 4.16. The van der Waals surface area contributed by atoms with Crippen molar-refractivity contribution in [1.29, 1.82) is 0 Å². The van der Waals surface area contributed by atoms with Crippen molar-refractivity contribution >= 4 is 10.0 Å². The summed E-state index contributed by atoms with van der Waals surface area (Å²) in [6, 6.07) is 7.69. The molecule has 1 saturated heterocycles. The highest BCUT2D eigenvalue weighted by atomic mass is 32.2. The number of nitrogens with zero attached hydrogens (tertiary/aromatic N) is 1. The average molecular weight is 356 g/mol. The Hall–Kier alpha value is -1.15. The molecule has 1 aliphatic rings. The molecule has 136 valence electrons. The van der Waals surface area contributed by atoms with Crippen LogP contribution in [0, 0.1) is 6.92 Å². The summed E-state index contributed by atoms with van der Waals surface area (Å²) in [4.78, 5) is 2.16. The van der Waals surface area contributed by atoms with Crippen molar-refractivity contribution in [2.24, 2.45) is 0 Å². The summed E-state index contributed by atoms with van der Waals surface area (Å²) < 4.78 is 32.1. The molecule has 0 aromatic heterocycles. The van der Waals surface area contributed by atoms with Gasteiger partial charge in [0.05, 0.1) is 12.4 Å². The maximum Gasteiger partial charge on any atom is 0.214 e. The maximum atomic E-state index is 12.0. The molecule has 0 aliphatic carbocycles. The first-order valence-electron chi connectivity index (χ1n) is 8.52. The Morgan fingerprint density at radius 2 is 2.04 bits per heavy atom. The van der Waals surface area contributed by atoms with Crippen LogP contribution < -0.4 is 9.46 Å². The van der Waals surface area contributed by atoms with Crippen molar-refractivity contribution in [1.82, 2.24) is 9.62 Å². The van der Waals surface area contributed by atoms with E-state index in [1.165, 1.54) is 0 Å². The molecule has 2 rings (SSSR count). The number of benzene rings is 1. The molecule has 6 nitrogen and oxygen atoms in total. The molecule has 0 radical (unpaired) electrons. The number of hydrogen-bond donors (Lipinski definition) is 2. The smallest absolute Gasteiger partial charge is 0.214 e. The Kier molecular flexibility index (Phi) is 7.48. The number of piperidine rings is 1. The molecule has 1 atom stereocenters. The van der Waals surface area contributed by atoms with Gasteiger partial charge in [0.2, 0.25) is 10.0 Å². The first-order valence-corrected chi connectivity index (χ1v) is 10.2. The number of likely N-dealkylation sites (tertiary alicyclic amines) is 1. The quantitative estimate of drug-likeness (QED) is 0.694. The highest BCUT2D eigenvalue weighted by Crippen LogP contribution is 2.15. The predicted octanol–water partition coefficient (Wildman–Crippen LogP) is 1.14. The van der Waals surface area contributed by atoms with Crippen LogP contribution in [0.5, 0.6) is 5.75 Å². The molecule has 0 saturated carbocycles. The summed E-state index contributed by atoms with van der Waals surface area (Å²) in [6.07, 6.45) is 3.21. The monoisotopic (exact) mass is 356 g/mol. The lowest BCUT2D eigenvalue weighted by Crippen LogP contribution is -2.45. The summed E-state index contributed by atoms with van der Waals surface area (Å²) in [7, 11) is -3.35. The van der Waals surface area contributed by atoms with Crippen LogP contribution in [-0.2, 0) is 10.0 Å². The normalized spacial score (nSPS) is 19.3. The van der Waals surface area contributed by atoms with Crippen molar-refractivity contribution in [3.05, 3.63) is 29.8 Å². The fourth-order valence-electron chi connectivity index (χ4n) is 2.88. The van der Waals surface area contributed by atoms with E-state index in [1.807, 2.05) is 31.2 Å². The summed E-state index contributed by atoms with van der Waals surface area (Å²) in [5.74, 6) is 0.611. The van der Waals surface area contributed by atoms with Gasteiger partial charge < -0.3 is 9.84 Å². The molecule has 2 N–H and O–H groups in total. The van der Waals surface area contributed by atoms with Crippen LogP contribution in [0.3, 0.4) is 0 Å². The first-order chi connectivity index (χ1) is 11.5. The Morgan fingerprint density at radius 1 is 1.29 bits per heavy atom. The number of nitrogens with one attached hydrogen (secondary N) is 1. The van der Waals surface area contributed by atoms with E-state index in [0.29, 0.717) is 18.8 Å². The second kappa shape index (κ2) is 9.36. The van der Waals surface area contributed by atoms with Crippen molar-refractivity contribution in [2.45, 2.75) is 32.2 Å². The molecule has 0 spiro atoms. The second-order valence-electron chi connectivity index (χ2n) is 6.24. The van der Waals surface area contributed by atoms with Gasteiger partial charge in [0, 0.05) is 19.1 Å². The third-order valence-electron chi connectivity index (χ3n) is 4.32. The number of aliphatic hydroxyl groups is 1. The van der Waals surface area contributed by atoms with Gasteiger partial charge in [0.1, 0.15) is 12.4 Å². The van der Waals surface area contributed by atoms with Crippen LogP contribution in [0.2, 0.25) is 0 Å². The van der Waals surface area contributed by atoms with E-state index in [0.717, 1.165) is 31.4 Å². The minimum atomic E-state index is -3.35. The zero-order chi connectivity index (χ0) is 17.4. The second-order valence-corrected chi connectivity index (χ2v) is 8.17. The summed E-state index contributed by atoms with van der Waals surface area (Å²) in [5, 5.41) is 9.37. The van der Waals surface area contributed by atoms with Gasteiger partial charge in [-0.2, -0.15) is 0 Å². The van der Waals surface area contributed by atoms with Crippen LogP contribution in [0.25, 0.3) is 0 Å². The molecule has 1 aromatic rings. The van der Waals surface area contributed by atoms with Crippen molar-refractivity contribution in [3.8, 4) is 5.75 Å². The zero-order valence-electron chi connectivity index (χ0n) is 14.3. The van der Waals surface area contributed by atoms with Crippen LogP contribution in [0.4, 0.5) is 0 Å². The molecule has 1 unspecified atom stereocenters. The van der Waals surface area contributed by atoms with Gasteiger partial charge in [-0.15, -0.1) is 0 Å². The van der Waals surface area contributed by atoms with Crippen molar-refractivity contribution in [3.63, 3.8) is 0 Å². The SMILES string of the molecule is Cc1ccc(OCCS(=O)(=O)NCCN2CCCCC2CO)cc1. The first kappa shape index (κ1) is 19.2. The average Bonchev–Trinajstić information content (AvgIpc) is 2.57. The van der Waals surface area contributed by atoms with Gasteiger partial charge in [-0.3, -0.25) is 4.90 Å². The lowest BCUT2D eigenvalue weighted by molar-refractivity contribution is 0.0923. The molecule has 1 aliphatic heterocycles. The van der Waals surface area contributed by atoms with Gasteiger partial charge in [-0.1, -0.05) is 24.1 Å². The summed E-state index contributed by atoms with van der Waals surface area (Å²) in [5.41, 5.74) is 1.13. The topological polar surface area (TPSA) is 78.9 Å². The van der Waals surface area contributed by atoms with E-state index in [2.05, 4.69) is 9.62 Å². The maximum absolute atomic E-state index is 12.0. The zero-order valence-corrected chi connectivity index (χ0v) is 15.1. The standard InChI is InChI=1S/C17H28N2O4S/c1-15-5-7-17(8-6-15)23-12-13-24(21,22)18-9-11-19-10-3-2-4-16(19)14-20/h5-8,16,18,20H,2-4,9-14H2,1H3. The number of sulfonamides is 1. The molecule has 1 aromatic carbocycles. The Labute approximate surface area is 144 Å². The molecule has 1 fully saturated rings. The predicted molar refractivity (Wildman–Crippen MR) is 94.8 cm³/mol. The van der Waals surface area contributed by atoms with Gasteiger partial charge >= 0.3 is 0 Å². The van der Waals surface area contributed by atoms with Gasteiger partial charge in [-0.05, 0) is 38.4 Å². The highest BCUT2D eigenvalue weighted by Gasteiger charge is 2.21. The van der Waals surface area contributed by atoms with Gasteiger partial charge in [0.25, 0.3) is 0 Å². The Balaban J connectivity index is 1.68. The molecule has 7 heteroatoms. The fraction of sp³-hybridized carbons (Fsp3) is 0.647. The molecular weight excluding hydrogens is 328 g/mol. The van der Waals surface area contributed by atoms with Crippen LogP contribution in [0.15, 0.2) is 24.3 Å². The number of ether oxygens (including phenoxy) is 1. The number of aryl methyl sites for hydroxylation is 1. The van der Waals surface area contributed by atoms with Crippen molar-refractivity contribution in [2.75, 3.05) is 38.6 Å². The number of rotatable bonds is 9. The fourth-order valence-corrected chi connectivity index (χ4v) is 3.73. The van der Waals surface area contributed by atoms with Crippen molar-refractivity contribution < 1.29 is 18.3 Å². The summed E-state index contributed by atoms with van der Waals surface area (Å²) >= 11 is 0. The largest absolute Gasteiger partial charge is 0.492 e. The van der Waals surface area contributed by atoms with E-state index >= 15 is 0 Å². The Bertz CT molecular complexity index is 589. The highest BCUT2D eigenvalue weighted by molar-refractivity contribution is 7.89. The minimum Gasteiger partial charge on any atom is -0.492 e. The molecule has 0 bridgehead atoms. The molecule has 1 heterocycles. The minimum absolute atomic E-state index is 0.0652. The van der Waals surface area contributed by atoms with Gasteiger partial charge in [-0.25, -0.2) is 13.1 Å². The van der Waals surface area contributed by atoms with E-state index in [-0.39, 0.29) is 25.0 Å². The van der Waals surface area contributed by atoms with E-state index < -0.39 is 10.0 Å². The molecule has 24 heavy (non-hydrogen) atoms. The lowest BCUT2D eigenvalue weighted by Gasteiger charge is -2.34. The molecule has 0 amide bonds. The van der Waals surface area contributed by atoms with Crippen LogP contribution in [-0.4, -0.2) is 63.1 Å². The molecular formula is C17H28N2O4S. The van der Waals surface area contributed by atoms with E-state index in [1.54, 1.807) is 0 Å². The lowest BCUT2D eigenvalue weighted by atomic mass is 10.0. The van der Waals surface area contributed by atoms with E-state index in [4.69, 9.17) is 4.74 Å². The third-order valence-corrected chi connectivity index (χ3v) is 5.67. The van der Waals surface area contributed by atoms with Gasteiger partial charge in [0.15, 0.2) is 0 Å². The van der Waals surface area contributed by atoms with Crippen LogP contribution >= 0.6 is 0 Å². The number of hydrogen-bond acceptors (Lipinski definition) is 5. The van der Waals surface area contributed by atoms with Crippen LogP contribution in [0.1, 0.15) is 24.8 Å². The number of aliphatic hydroxyl groups excluding tert-OH is 1. The Morgan fingerprint density at radius 3 is 2.75 bits per heavy atom. The van der Waals surface area contributed by atoms with E-state index in [9.17, 15) is 13.5 Å².